The summed E-state index contributed by atoms with van der Waals surface area (Å²) in [6, 6.07) is 0.275. The first-order valence-corrected chi connectivity index (χ1v) is 7.13. The molecule has 112 valence electrons. The van der Waals surface area contributed by atoms with Crippen LogP contribution in [0.1, 0.15) is 40.0 Å². The van der Waals surface area contributed by atoms with E-state index in [1.807, 2.05) is 6.92 Å². The van der Waals surface area contributed by atoms with Crippen LogP contribution >= 0.6 is 0 Å². The normalized spacial score (nSPS) is 22.8. The molecule has 0 amide bonds. The lowest BCUT2D eigenvalue weighted by Gasteiger charge is -2.38. The van der Waals surface area contributed by atoms with E-state index in [-0.39, 0.29) is 12.0 Å². The standard InChI is InChI=1S/C14H28N2O3/c1-5-19-12-6-8-16(9-7-12)11(2)10-14(3,15)13(17)18-4/h11-12H,5-10,15H2,1-4H3. The minimum Gasteiger partial charge on any atom is -0.468 e. The van der Waals surface area contributed by atoms with E-state index in [1.165, 1.54) is 7.11 Å². The van der Waals surface area contributed by atoms with Crippen molar-refractivity contribution in [2.45, 2.75) is 57.7 Å². The summed E-state index contributed by atoms with van der Waals surface area (Å²) in [6.07, 6.45) is 3.10. The summed E-state index contributed by atoms with van der Waals surface area (Å²) in [6.45, 7) is 8.68. The largest absolute Gasteiger partial charge is 0.468 e. The average Bonchev–Trinajstić information content (AvgIpc) is 2.38. The zero-order valence-electron chi connectivity index (χ0n) is 12.6. The lowest BCUT2D eigenvalue weighted by Crippen LogP contribution is -2.52. The fraction of sp³-hybridized carbons (Fsp3) is 0.929. The Morgan fingerprint density at radius 3 is 2.53 bits per heavy atom. The number of hydrogen-bond acceptors (Lipinski definition) is 5. The number of carbonyl (C=O) groups excluding carboxylic acids is 1. The second-order valence-electron chi connectivity index (χ2n) is 5.65. The summed E-state index contributed by atoms with van der Waals surface area (Å²) >= 11 is 0. The maximum atomic E-state index is 11.6. The first-order chi connectivity index (χ1) is 8.90. The minimum absolute atomic E-state index is 0.275. The van der Waals surface area contributed by atoms with Gasteiger partial charge in [-0.15, -0.1) is 0 Å². The van der Waals surface area contributed by atoms with Crippen LogP contribution in [0.3, 0.4) is 0 Å². The van der Waals surface area contributed by atoms with Crippen molar-refractivity contribution in [3.8, 4) is 0 Å². The summed E-state index contributed by atoms with van der Waals surface area (Å²) in [4.78, 5) is 14.0. The summed E-state index contributed by atoms with van der Waals surface area (Å²) < 4.78 is 10.4. The molecule has 2 N–H and O–H groups in total. The number of carbonyl (C=O) groups is 1. The van der Waals surface area contributed by atoms with Gasteiger partial charge in [0.2, 0.25) is 0 Å². The zero-order valence-corrected chi connectivity index (χ0v) is 12.6. The number of nitrogens with zero attached hydrogens (tertiary/aromatic N) is 1. The Morgan fingerprint density at radius 1 is 1.47 bits per heavy atom. The monoisotopic (exact) mass is 272 g/mol. The molecular weight excluding hydrogens is 244 g/mol. The zero-order chi connectivity index (χ0) is 14.5. The molecule has 0 aromatic carbocycles. The fourth-order valence-corrected chi connectivity index (χ4v) is 2.78. The second kappa shape index (κ2) is 7.22. The van der Waals surface area contributed by atoms with Crippen LogP contribution in [-0.2, 0) is 14.3 Å². The van der Waals surface area contributed by atoms with Gasteiger partial charge in [0.1, 0.15) is 5.54 Å². The third-order valence-electron chi connectivity index (χ3n) is 3.87. The smallest absolute Gasteiger partial charge is 0.325 e. The van der Waals surface area contributed by atoms with Crippen molar-refractivity contribution in [3.63, 3.8) is 0 Å². The first kappa shape index (κ1) is 16.4. The molecule has 0 saturated carbocycles. The van der Waals surface area contributed by atoms with E-state index < -0.39 is 5.54 Å². The highest BCUT2D eigenvalue weighted by atomic mass is 16.5. The highest BCUT2D eigenvalue weighted by Gasteiger charge is 2.34. The van der Waals surface area contributed by atoms with E-state index in [0.717, 1.165) is 32.5 Å². The summed E-state index contributed by atoms with van der Waals surface area (Å²) in [5.41, 5.74) is 5.12. The van der Waals surface area contributed by atoms with Crippen molar-refractivity contribution in [1.82, 2.24) is 4.90 Å². The SMILES string of the molecule is CCOC1CCN(C(C)CC(C)(N)C(=O)OC)CC1. The molecule has 5 nitrogen and oxygen atoms in total. The number of ether oxygens (including phenoxy) is 2. The van der Waals surface area contributed by atoms with Gasteiger partial charge in [-0.3, -0.25) is 4.79 Å². The molecule has 5 heteroatoms. The molecule has 0 aromatic heterocycles. The van der Waals surface area contributed by atoms with E-state index >= 15 is 0 Å². The minimum atomic E-state index is -0.912. The quantitative estimate of drug-likeness (QED) is 0.735. The third kappa shape index (κ3) is 4.75. The molecule has 1 fully saturated rings. The van der Waals surface area contributed by atoms with Gasteiger partial charge < -0.3 is 20.1 Å². The Hall–Kier alpha value is -0.650. The van der Waals surface area contributed by atoms with Crippen molar-refractivity contribution in [3.05, 3.63) is 0 Å². The Morgan fingerprint density at radius 2 is 2.05 bits per heavy atom. The highest BCUT2D eigenvalue weighted by molar-refractivity contribution is 5.79. The van der Waals surface area contributed by atoms with Gasteiger partial charge in [0, 0.05) is 25.7 Å². The van der Waals surface area contributed by atoms with E-state index in [0.29, 0.717) is 12.5 Å². The number of likely N-dealkylation sites (tertiary alicyclic amines) is 1. The summed E-state index contributed by atoms with van der Waals surface area (Å²) in [5, 5.41) is 0. The van der Waals surface area contributed by atoms with Crippen molar-refractivity contribution in [2.75, 3.05) is 26.8 Å². The number of nitrogens with two attached hydrogens (primary N) is 1. The lowest BCUT2D eigenvalue weighted by molar-refractivity contribution is -0.147. The van der Waals surface area contributed by atoms with Gasteiger partial charge >= 0.3 is 5.97 Å². The van der Waals surface area contributed by atoms with E-state index in [2.05, 4.69) is 11.8 Å². The van der Waals surface area contributed by atoms with Crippen LogP contribution in [0.5, 0.6) is 0 Å². The maximum absolute atomic E-state index is 11.6. The molecule has 2 unspecified atom stereocenters. The number of rotatable bonds is 6. The molecular formula is C14H28N2O3. The Kier molecular flexibility index (Phi) is 6.23. The Bertz CT molecular complexity index is 286. The number of hydrogen-bond donors (Lipinski definition) is 1. The van der Waals surface area contributed by atoms with E-state index in [4.69, 9.17) is 15.2 Å². The topological polar surface area (TPSA) is 64.8 Å². The van der Waals surface area contributed by atoms with Crippen LogP contribution in [0.2, 0.25) is 0 Å². The van der Waals surface area contributed by atoms with Gasteiger partial charge in [0.25, 0.3) is 0 Å². The van der Waals surface area contributed by atoms with Crippen molar-refractivity contribution >= 4 is 5.97 Å². The fourth-order valence-electron chi connectivity index (χ4n) is 2.78. The maximum Gasteiger partial charge on any atom is 0.325 e. The van der Waals surface area contributed by atoms with Gasteiger partial charge in [-0.05, 0) is 40.0 Å². The molecule has 1 saturated heterocycles. The van der Waals surface area contributed by atoms with E-state index in [1.54, 1.807) is 6.92 Å². The molecule has 0 radical (unpaired) electrons. The van der Waals surface area contributed by atoms with Crippen LogP contribution < -0.4 is 5.73 Å². The van der Waals surface area contributed by atoms with E-state index in [9.17, 15) is 4.79 Å². The highest BCUT2D eigenvalue weighted by Crippen LogP contribution is 2.21. The predicted octanol–water partition coefficient (Wildman–Crippen LogP) is 1.16. The molecule has 1 aliphatic heterocycles. The first-order valence-electron chi connectivity index (χ1n) is 7.13. The van der Waals surface area contributed by atoms with Crippen LogP contribution in [0, 0.1) is 0 Å². The molecule has 19 heavy (non-hydrogen) atoms. The molecule has 0 aliphatic carbocycles. The summed E-state index contributed by atoms with van der Waals surface area (Å²) in [5.74, 6) is -0.344. The van der Waals surface area contributed by atoms with Crippen LogP contribution in [0.15, 0.2) is 0 Å². The molecule has 2 atom stereocenters. The summed E-state index contributed by atoms with van der Waals surface area (Å²) in [7, 11) is 1.38. The second-order valence-corrected chi connectivity index (χ2v) is 5.65. The van der Waals surface area contributed by atoms with Crippen LogP contribution in [0.25, 0.3) is 0 Å². The number of methoxy groups -OCH3 is 1. The van der Waals surface area contributed by atoms with Gasteiger partial charge in [0.15, 0.2) is 0 Å². The van der Waals surface area contributed by atoms with Gasteiger partial charge in [0.05, 0.1) is 13.2 Å². The third-order valence-corrected chi connectivity index (χ3v) is 3.87. The van der Waals surface area contributed by atoms with Crippen molar-refractivity contribution < 1.29 is 14.3 Å². The molecule has 1 heterocycles. The number of piperidine rings is 1. The van der Waals surface area contributed by atoms with Gasteiger partial charge in [-0.2, -0.15) is 0 Å². The van der Waals surface area contributed by atoms with Crippen molar-refractivity contribution in [2.24, 2.45) is 5.73 Å². The molecule has 1 aliphatic rings. The molecule has 1 rings (SSSR count). The Labute approximate surface area is 116 Å². The van der Waals surface area contributed by atoms with Gasteiger partial charge in [-0.1, -0.05) is 0 Å². The lowest BCUT2D eigenvalue weighted by atomic mass is 9.93. The molecule has 0 spiro atoms. The van der Waals surface area contributed by atoms with Crippen molar-refractivity contribution in [1.29, 1.82) is 0 Å². The molecule has 0 bridgehead atoms. The Balaban J connectivity index is 2.43. The van der Waals surface area contributed by atoms with Crippen LogP contribution in [-0.4, -0.2) is 55.4 Å². The van der Waals surface area contributed by atoms with Crippen LogP contribution in [0.4, 0.5) is 0 Å². The predicted molar refractivity (Wildman–Crippen MR) is 74.9 cm³/mol. The van der Waals surface area contributed by atoms with Gasteiger partial charge in [-0.25, -0.2) is 0 Å². The molecule has 0 aromatic rings. The average molecular weight is 272 g/mol. The number of esters is 1.